The first-order valence-electron chi connectivity index (χ1n) is 7.74. The van der Waals surface area contributed by atoms with Crippen molar-refractivity contribution in [1.82, 2.24) is 10.3 Å². The molecule has 0 saturated carbocycles. The number of para-hydroxylation sites is 1. The highest BCUT2D eigenvalue weighted by atomic mass is 16.1. The number of nitrogens with zero attached hydrogens (tertiary/aromatic N) is 2. The Morgan fingerprint density at radius 3 is 2.95 bits per heavy atom. The molecule has 1 N–H and O–H groups in total. The zero-order valence-corrected chi connectivity index (χ0v) is 13.0. The van der Waals surface area contributed by atoms with Gasteiger partial charge < -0.3 is 10.2 Å². The molecule has 1 aromatic carbocycles. The molecule has 0 fully saturated rings. The van der Waals surface area contributed by atoms with Gasteiger partial charge in [-0.15, -0.1) is 0 Å². The van der Waals surface area contributed by atoms with Gasteiger partial charge in [0.2, 0.25) is 0 Å². The number of hydrogen-bond acceptors (Lipinski definition) is 3. The highest BCUT2D eigenvalue weighted by Crippen LogP contribution is 2.33. The van der Waals surface area contributed by atoms with Crippen molar-refractivity contribution < 1.29 is 4.79 Å². The molecule has 0 saturated heterocycles. The summed E-state index contributed by atoms with van der Waals surface area (Å²) in [6.07, 6.45) is 4.47. The molecule has 2 heterocycles. The molecular formula is C18H21N3O. The van der Waals surface area contributed by atoms with Crippen LogP contribution in [0.3, 0.4) is 0 Å². The summed E-state index contributed by atoms with van der Waals surface area (Å²) in [6.45, 7) is 5.76. The molecule has 22 heavy (non-hydrogen) atoms. The van der Waals surface area contributed by atoms with Gasteiger partial charge in [0.15, 0.2) is 0 Å². The summed E-state index contributed by atoms with van der Waals surface area (Å²) < 4.78 is 0. The molecule has 0 atom stereocenters. The summed E-state index contributed by atoms with van der Waals surface area (Å²) in [5, 5.41) is 2.94. The summed E-state index contributed by atoms with van der Waals surface area (Å²) in [4.78, 5) is 18.7. The van der Waals surface area contributed by atoms with Crippen LogP contribution in [0.15, 0.2) is 42.7 Å². The van der Waals surface area contributed by atoms with Crippen LogP contribution >= 0.6 is 0 Å². The van der Waals surface area contributed by atoms with Gasteiger partial charge in [-0.1, -0.05) is 32.0 Å². The number of carbonyl (C=O) groups is 1. The summed E-state index contributed by atoms with van der Waals surface area (Å²) in [7, 11) is 0. The lowest BCUT2D eigenvalue weighted by atomic mass is 10.2. The van der Waals surface area contributed by atoms with E-state index in [1.54, 1.807) is 6.20 Å². The van der Waals surface area contributed by atoms with Gasteiger partial charge in [0.1, 0.15) is 0 Å². The number of nitrogens with one attached hydrogen (secondary N) is 1. The molecular weight excluding hydrogens is 274 g/mol. The Morgan fingerprint density at radius 1 is 1.32 bits per heavy atom. The van der Waals surface area contributed by atoms with Crippen LogP contribution in [0.5, 0.6) is 0 Å². The number of aromatic nitrogens is 1. The number of fused-ring (bicyclic) bond motifs is 1. The van der Waals surface area contributed by atoms with E-state index in [4.69, 9.17) is 0 Å². The fraction of sp³-hybridized carbons (Fsp3) is 0.333. The summed E-state index contributed by atoms with van der Waals surface area (Å²) in [6, 6.07) is 10.3. The van der Waals surface area contributed by atoms with Crippen LogP contribution in [-0.2, 0) is 6.42 Å². The molecule has 2 aromatic rings. The Morgan fingerprint density at radius 2 is 2.14 bits per heavy atom. The minimum Gasteiger partial charge on any atom is -0.352 e. The van der Waals surface area contributed by atoms with Crippen LogP contribution in [0.1, 0.15) is 29.8 Å². The minimum atomic E-state index is -0.0597. The highest BCUT2D eigenvalue weighted by molar-refractivity contribution is 5.95. The van der Waals surface area contributed by atoms with Crippen molar-refractivity contribution in [3.05, 3.63) is 53.9 Å². The number of rotatable bonds is 4. The molecule has 0 bridgehead atoms. The molecule has 1 amide bonds. The van der Waals surface area contributed by atoms with E-state index in [2.05, 4.69) is 47.2 Å². The third-order valence-corrected chi connectivity index (χ3v) is 3.86. The van der Waals surface area contributed by atoms with Crippen LogP contribution in [-0.4, -0.2) is 24.0 Å². The van der Waals surface area contributed by atoms with Gasteiger partial charge in [0.05, 0.1) is 17.4 Å². The molecule has 1 aromatic heterocycles. The van der Waals surface area contributed by atoms with E-state index in [1.165, 1.54) is 11.3 Å². The Kier molecular flexibility index (Phi) is 4.09. The number of benzene rings is 1. The van der Waals surface area contributed by atoms with Crippen molar-refractivity contribution in [3.8, 4) is 0 Å². The van der Waals surface area contributed by atoms with E-state index in [-0.39, 0.29) is 5.91 Å². The first-order valence-corrected chi connectivity index (χ1v) is 7.74. The van der Waals surface area contributed by atoms with Crippen LogP contribution < -0.4 is 10.2 Å². The predicted molar refractivity (Wildman–Crippen MR) is 88.6 cm³/mol. The Bertz CT molecular complexity index is 682. The summed E-state index contributed by atoms with van der Waals surface area (Å²) >= 11 is 0. The molecule has 0 spiro atoms. The van der Waals surface area contributed by atoms with Crippen LogP contribution in [0, 0.1) is 5.92 Å². The zero-order valence-electron chi connectivity index (χ0n) is 13.0. The smallest absolute Gasteiger partial charge is 0.252 e. The molecule has 1 aliphatic rings. The maximum atomic E-state index is 12.2. The van der Waals surface area contributed by atoms with E-state index in [0.717, 1.165) is 18.7 Å². The predicted octanol–water partition coefficient (Wildman–Crippen LogP) is 3.16. The van der Waals surface area contributed by atoms with E-state index >= 15 is 0 Å². The third-order valence-electron chi connectivity index (χ3n) is 3.86. The number of amides is 1. The quantitative estimate of drug-likeness (QED) is 0.942. The first kappa shape index (κ1) is 14.6. The van der Waals surface area contributed by atoms with Crippen molar-refractivity contribution in [2.45, 2.75) is 20.3 Å². The molecule has 1 aliphatic heterocycles. The fourth-order valence-corrected chi connectivity index (χ4v) is 2.70. The lowest BCUT2D eigenvalue weighted by Gasteiger charge is -2.19. The lowest BCUT2D eigenvalue weighted by molar-refractivity contribution is 0.0948. The van der Waals surface area contributed by atoms with Gasteiger partial charge in [-0.25, -0.2) is 0 Å². The maximum Gasteiger partial charge on any atom is 0.252 e. The molecule has 114 valence electrons. The van der Waals surface area contributed by atoms with Crippen molar-refractivity contribution in [2.24, 2.45) is 5.92 Å². The highest BCUT2D eigenvalue weighted by Gasteiger charge is 2.20. The fourth-order valence-electron chi connectivity index (χ4n) is 2.70. The maximum absolute atomic E-state index is 12.2. The third kappa shape index (κ3) is 2.96. The zero-order chi connectivity index (χ0) is 15.5. The number of anilines is 2. The monoisotopic (exact) mass is 295 g/mol. The van der Waals surface area contributed by atoms with Gasteiger partial charge in [-0.05, 0) is 30.0 Å². The number of carbonyl (C=O) groups excluding carboxylic acids is 1. The average Bonchev–Trinajstić information content (AvgIpc) is 2.96. The lowest BCUT2D eigenvalue weighted by Crippen LogP contribution is -2.27. The van der Waals surface area contributed by atoms with Gasteiger partial charge in [0, 0.05) is 25.0 Å². The SMILES string of the molecule is CC(C)CNC(=O)c1cncc(N2CCc3ccccc32)c1. The van der Waals surface area contributed by atoms with Gasteiger partial charge >= 0.3 is 0 Å². The first-order chi connectivity index (χ1) is 10.6. The van der Waals surface area contributed by atoms with Gasteiger partial charge in [-0.3, -0.25) is 9.78 Å². The second-order valence-electron chi connectivity index (χ2n) is 6.07. The van der Waals surface area contributed by atoms with Crippen LogP contribution in [0.2, 0.25) is 0 Å². The molecule has 4 heteroatoms. The number of hydrogen-bond donors (Lipinski definition) is 1. The van der Waals surface area contributed by atoms with Crippen molar-refractivity contribution >= 4 is 17.3 Å². The standard InChI is InChI=1S/C18H21N3O/c1-13(2)10-20-18(22)15-9-16(12-19-11-15)21-8-7-14-5-3-4-6-17(14)21/h3-6,9,11-13H,7-8,10H2,1-2H3,(H,20,22). The second kappa shape index (κ2) is 6.18. The van der Waals surface area contributed by atoms with E-state index in [9.17, 15) is 4.79 Å². The van der Waals surface area contributed by atoms with Crippen molar-refractivity contribution in [2.75, 3.05) is 18.0 Å². The van der Waals surface area contributed by atoms with Gasteiger partial charge in [-0.2, -0.15) is 0 Å². The normalized spacial score (nSPS) is 13.3. The van der Waals surface area contributed by atoms with Crippen LogP contribution in [0.25, 0.3) is 0 Å². The molecule has 0 unspecified atom stereocenters. The molecule has 3 rings (SSSR count). The Hall–Kier alpha value is -2.36. The molecule has 0 aliphatic carbocycles. The van der Waals surface area contributed by atoms with Crippen LogP contribution in [0.4, 0.5) is 11.4 Å². The second-order valence-corrected chi connectivity index (χ2v) is 6.07. The van der Waals surface area contributed by atoms with Gasteiger partial charge in [0.25, 0.3) is 5.91 Å². The largest absolute Gasteiger partial charge is 0.352 e. The number of pyridine rings is 1. The van der Waals surface area contributed by atoms with E-state index < -0.39 is 0 Å². The topological polar surface area (TPSA) is 45.2 Å². The molecule has 0 radical (unpaired) electrons. The summed E-state index contributed by atoms with van der Waals surface area (Å²) in [5.74, 6) is 0.376. The Labute approximate surface area is 131 Å². The molecule has 4 nitrogen and oxygen atoms in total. The summed E-state index contributed by atoms with van der Waals surface area (Å²) in [5.41, 5.74) is 4.14. The van der Waals surface area contributed by atoms with E-state index in [0.29, 0.717) is 18.0 Å². The average molecular weight is 295 g/mol. The van der Waals surface area contributed by atoms with Crippen molar-refractivity contribution in [3.63, 3.8) is 0 Å². The minimum absolute atomic E-state index is 0.0597. The van der Waals surface area contributed by atoms with Crippen molar-refractivity contribution in [1.29, 1.82) is 0 Å². The Balaban J connectivity index is 1.82. The van der Waals surface area contributed by atoms with E-state index in [1.807, 2.05) is 18.3 Å².